The summed E-state index contributed by atoms with van der Waals surface area (Å²) in [5, 5.41) is -0.0503. The van der Waals surface area contributed by atoms with Gasteiger partial charge in [-0.1, -0.05) is 11.6 Å². The van der Waals surface area contributed by atoms with Crippen LogP contribution in [0.4, 0.5) is 15.8 Å². The Labute approximate surface area is 126 Å². The van der Waals surface area contributed by atoms with Crippen LogP contribution < -0.4 is 15.2 Å². The molecule has 21 heavy (non-hydrogen) atoms. The van der Waals surface area contributed by atoms with Gasteiger partial charge < -0.3 is 10.5 Å². The first-order valence-electron chi connectivity index (χ1n) is 5.75. The van der Waals surface area contributed by atoms with Crippen molar-refractivity contribution >= 4 is 33.0 Å². The Bertz CT molecular complexity index is 781. The van der Waals surface area contributed by atoms with Gasteiger partial charge in [-0.3, -0.25) is 4.72 Å². The standard InChI is InChI=1S/C13H12ClFN2O3S/c1-20-9-3-5-13(11(16)7-9)21(18,19)17-12-4-2-8(15)6-10(12)14/h2-7,17H,16H2,1H3. The smallest absolute Gasteiger partial charge is 0.263 e. The average Bonchev–Trinajstić information content (AvgIpc) is 2.41. The first-order chi connectivity index (χ1) is 9.83. The maximum atomic E-state index is 13.0. The van der Waals surface area contributed by atoms with Gasteiger partial charge >= 0.3 is 0 Å². The maximum Gasteiger partial charge on any atom is 0.263 e. The van der Waals surface area contributed by atoms with Crippen molar-refractivity contribution in [2.24, 2.45) is 0 Å². The predicted octanol–water partition coefficient (Wildman–Crippen LogP) is 2.87. The lowest BCUT2D eigenvalue weighted by Gasteiger charge is -2.12. The third kappa shape index (κ3) is 3.37. The second kappa shape index (κ2) is 5.79. The highest BCUT2D eigenvalue weighted by atomic mass is 35.5. The molecule has 0 heterocycles. The Kier molecular flexibility index (Phi) is 4.24. The Hall–Kier alpha value is -1.99. The summed E-state index contributed by atoms with van der Waals surface area (Å²) >= 11 is 5.79. The van der Waals surface area contributed by atoms with Crippen molar-refractivity contribution < 1.29 is 17.5 Å². The van der Waals surface area contributed by atoms with E-state index in [9.17, 15) is 12.8 Å². The maximum absolute atomic E-state index is 13.0. The van der Waals surface area contributed by atoms with Gasteiger partial charge in [0, 0.05) is 6.07 Å². The molecule has 0 amide bonds. The summed E-state index contributed by atoms with van der Waals surface area (Å²) in [5.74, 6) is -0.127. The number of anilines is 2. The predicted molar refractivity (Wildman–Crippen MR) is 79.6 cm³/mol. The fourth-order valence-corrected chi connectivity index (χ4v) is 3.13. The van der Waals surface area contributed by atoms with Gasteiger partial charge in [0.1, 0.15) is 16.5 Å². The molecule has 0 spiro atoms. The summed E-state index contributed by atoms with van der Waals surface area (Å²) in [6.07, 6.45) is 0. The van der Waals surface area contributed by atoms with Gasteiger partial charge in [0.25, 0.3) is 10.0 Å². The Morgan fingerprint density at radius 2 is 1.95 bits per heavy atom. The van der Waals surface area contributed by atoms with Gasteiger partial charge in [-0.2, -0.15) is 0 Å². The Morgan fingerprint density at radius 3 is 2.52 bits per heavy atom. The number of nitrogen functional groups attached to an aromatic ring is 1. The second-order valence-corrected chi connectivity index (χ2v) is 6.19. The molecule has 8 heteroatoms. The topological polar surface area (TPSA) is 81.4 Å². The molecule has 0 atom stereocenters. The second-order valence-electron chi connectivity index (χ2n) is 4.13. The largest absolute Gasteiger partial charge is 0.497 e. The van der Waals surface area contributed by atoms with Crippen LogP contribution >= 0.6 is 11.6 Å². The van der Waals surface area contributed by atoms with E-state index in [4.69, 9.17) is 22.1 Å². The third-order valence-corrected chi connectivity index (χ3v) is 4.43. The van der Waals surface area contributed by atoms with Crippen molar-refractivity contribution in [1.82, 2.24) is 0 Å². The van der Waals surface area contributed by atoms with E-state index < -0.39 is 15.8 Å². The number of rotatable bonds is 4. The number of methoxy groups -OCH3 is 1. The molecule has 0 saturated heterocycles. The van der Waals surface area contributed by atoms with Crippen LogP contribution in [0.5, 0.6) is 5.75 Å². The number of hydrogen-bond donors (Lipinski definition) is 2. The van der Waals surface area contributed by atoms with Crippen LogP contribution in [0.15, 0.2) is 41.3 Å². The summed E-state index contributed by atoms with van der Waals surface area (Å²) in [6, 6.07) is 7.51. The zero-order valence-corrected chi connectivity index (χ0v) is 12.5. The Balaban J connectivity index is 2.38. The van der Waals surface area contributed by atoms with Crippen LogP contribution in [0.3, 0.4) is 0 Å². The fourth-order valence-electron chi connectivity index (χ4n) is 1.67. The number of sulfonamides is 1. The molecule has 2 aromatic rings. The van der Waals surface area contributed by atoms with Gasteiger partial charge in [-0.15, -0.1) is 0 Å². The molecular weight excluding hydrogens is 319 g/mol. The first kappa shape index (κ1) is 15.4. The minimum absolute atomic E-state index is 0.0279. The molecule has 0 aromatic heterocycles. The quantitative estimate of drug-likeness (QED) is 0.845. The normalized spacial score (nSPS) is 11.2. The van der Waals surface area contributed by atoms with Crippen LogP contribution in [0.25, 0.3) is 0 Å². The highest BCUT2D eigenvalue weighted by molar-refractivity contribution is 7.92. The van der Waals surface area contributed by atoms with Crippen molar-refractivity contribution in [3.05, 3.63) is 47.2 Å². The SMILES string of the molecule is COc1ccc(S(=O)(=O)Nc2ccc(F)cc2Cl)c(N)c1. The van der Waals surface area contributed by atoms with Gasteiger partial charge in [0.2, 0.25) is 0 Å². The number of benzene rings is 2. The molecule has 0 bridgehead atoms. The van der Waals surface area contributed by atoms with Crippen LogP contribution in [0.1, 0.15) is 0 Å². The zero-order chi connectivity index (χ0) is 15.6. The molecule has 0 radical (unpaired) electrons. The summed E-state index contributed by atoms with van der Waals surface area (Å²) in [5.41, 5.74) is 5.80. The number of nitrogens with one attached hydrogen (secondary N) is 1. The molecule has 112 valence electrons. The molecule has 0 fully saturated rings. The minimum atomic E-state index is -3.94. The molecule has 3 N–H and O–H groups in total. The van der Waals surface area contributed by atoms with Crippen LogP contribution in [0, 0.1) is 5.82 Å². The molecule has 2 aromatic carbocycles. The monoisotopic (exact) mass is 330 g/mol. The molecule has 2 rings (SSSR count). The van der Waals surface area contributed by atoms with E-state index in [0.29, 0.717) is 5.75 Å². The van der Waals surface area contributed by atoms with E-state index in [0.717, 1.165) is 12.1 Å². The van der Waals surface area contributed by atoms with Gasteiger partial charge in [0.15, 0.2) is 0 Å². The average molecular weight is 331 g/mol. The lowest BCUT2D eigenvalue weighted by atomic mass is 10.3. The fraction of sp³-hybridized carbons (Fsp3) is 0.0769. The summed E-state index contributed by atoms with van der Waals surface area (Å²) in [7, 11) is -2.50. The van der Waals surface area contributed by atoms with Gasteiger partial charge in [-0.05, 0) is 30.3 Å². The first-order valence-corrected chi connectivity index (χ1v) is 7.61. The van der Waals surface area contributed by atoms with Crippen molar-refractivity contribution in [3.63, 3.8) is 0 Å². The van der Waals surface area contributed by atoms with Crippen molar-refractivity contribution in [1.29, 1.82) is 0 Å². The van der Waals surface area contributed by atoms with E-state index in [1.165, 1.54) is 31.4 Å². The lowest BCUT2D eigenvalue weighted by Crippen LogP contribution is -2.15. The number of ether oxygens (including phenoxy) is 1. The molecular formula is C13H12ClFN2O3S. The zero-order valence-electron chi connectivity index (χ0n) is 10.9. The summed E-state index contributed by atoms with van der Waals surface area (Å²) in [4.78, 5) is -0.122. The lowest BCUT2D eigenvalue weighted by molar-refractivity contribution is 0.414. The molecule has 0 aliphatic carbocycles. The van der Waals surface area contributed by atoms with E-state index >= 15 is 0 Å². The number of halogens is 2. The van der Waals surface area contributed by atoms with Crippen LogP contribution in [-0.4, -0.2) is 15.5 Å². The van der Waals surface area contributed by atoms with Gasteiger partial charge in [-0.25, -0.2) is 12.8 Å². The molecule has 0 saturated carbocycles. The molecule has 0 aliphatic rings. The van der Waals surface area contributed by atoms with E-state index in [1.54, 1.807) is 0 Å². The van der Waals surface area contributed by atoms with Crippen molar-refractivity contribution in [3.8, 4) is 5.75 Å². The van der Waals surface area contributed by atoms with Crippen LogP contribution in [-0.2, 0) is 10.0 Å². The Morgan fingerprint density at radius 1 is 1.24 bits per heavy atom. The molecule has 0 unspecified atom stereocenters. The van der Waals surface area contributed by atoms with Crippen molar-refractivity contribution in [2.75, 3.05) is 17.6 Å². The number of nitrogens with two attached hydrogens (primary N) is 1. The third-order valence-electron chi connectivity index (χ3n) is 2.68. The highest BCUT2D eigenvalue weighted by Gasteiger charge is 2.19. The highest BCUT2D eigenvalue weighted by Crippen LogP contribution is 2.28. The van der Waals surface area contributed by atoms with Crippen molar-refractivity contribution in [2.45, 2.75) is 4.90 Å². The van der Waals surface area contributed by atoms with E-state index in [2.05, 4.69) is 4.72 Å². The summed E-state index contributed by atoms with van der Waals surface area (Å²) < 4.78 is 44.7. The minimum Gasteiger partial charge on any atom is -0.497 e. The van der Waals surface area contributed by atoms with E-state index in [-0.39, 0.29) is 21.3 Å². The van der Waals surface area contributed by atoms with Crippen LogP contribution in [0.2, 0.25) is 5.02 Å². The molecule has 5 nitrogen and oxygen atoms in total. The number of hydrogen-bond acceptors (Lipinski definition) is 4. The van der Waals surface area contributed by atoms with Gasteiger partial charge in [0.05, 0.1) is 23.5 Å². The molecule has 0 aliphatic heterocycles. The summed E-state index contributed by atoms with van der Waals surface area (Å²) in [6.45, 7) is 0. The van der Waals surface area contributed by atoms with E-state index in [1.807, 2.05) is 0 Å².